The number of nitrogens with zero attached hydrogens (tertiary/aromatic N) is 3. The van der Waals surface area contributed by atoms with Crippen LogP contribution in [0.1, 0.15) is 52.4 Å². The number of piperazine rings is 1. The maximum absolute atomic E-state index is 16.5. The number of urea groups is 1. The summed E-state index contributed by atoms with van der Waals surface area (Å²) >= 11 is 0. The summed E-state index contributed by atoms with van der Waals surface area (Å²) in [7, 11) is 0. The smallest absolute Gasteiger partial charge is 0.320 e. The van der Waals surface area contributed by atoms with Gasteiger partial charge in [0.05, 0.1) is 31.1 Å². The largest absolute Gasteiger partial charge is 0.375 e. The molecule has 11 unspecified atom stereocenters. The van der Waals surface area contributed by atoms with Gasteiger partial charge in [-0.1, -0.05) is 20.4 Å². The molecule has 43 heavy (non-hydrogen) atoms. The van der Waals surface area contributed by atoms with Crippen molar-refractivity contribution in [3.8, 4) is 0 Å². The van der Waals surface area contributed by atoms with E-state index in [0.717, 1.165) is 32.2 Å². The summed E-state index contributed by atoms with van der Waals surface area (Å²) in [6, 6.07) is -1.07. The van der Waals surface area contributed by atoms with Gasteiger partial charge in [-0.05, 0) is 57.1 Å². The standard InChI is InChI=1S/C31H49F2N7O3/c1-4-24(41)38-11-12-39(22-15-21(22)38)29-17-14-19(33)27-25-18(32)6-5-7-20(25)34-10-13-43-23-8-9-35-26(16(2)3)28(23)40(30(17)36-27)31(42)37-29/h4,16-23,25-30,34-36H,1,5-15H2,2-3H3,(H,37,42)/t17?,18?,19?,20?,21-,22+,23?,25?,26?,27?,28?,29?,30?/m1/s1. The van der Waals surface area contributed by atoms with Gasteiger partial charge in [0.25, 0.3) is 0 Å². The normalized spacial score (nSPS) is 46.8. The van der Waals surface area contributed by atoms with Gasteiger partial charge >= 0.3 is 6.03 Å². The molecule has 7 fully saturated rings. The molecule has 3 amide bonds. The van der Waals surface area contributed by atoms with Gasteiger partial charge in [-0.3, -0.25) is 15.0 Å². The SMILES string of the molecule is C=CC(=O)N1CCN(C2NC(=O)N3C4NC(C(F)CC42)C2C(F)CCCC2NCCOC2CCNC(C(C)C)C23)[C@H]2C[C@H]21. The molecule has 13 atom stereocenters. The van der Waals surface area contributed by atoms with Crippen LogP contribution in [0.4, 0.5) is 13.6 Å². The minimum Gasteiger partial charge on any atom is -0.375 e. The minimum atomic E-state index is -1.25. The Kier molecular flexibility index (Phi) is 8.20. The van der Waals surface area contributed by atoms with E-state index in [1.807, 2.05) is 9.80 Å². The number of fused-ring (bicyclic) bond motifs is 6. The molecule has 7 rings (SSSR count). The number of rotatable bonds is 3. The van der Waals surface area contributed by atoms with Crippen LogP contribution in [0, 0.1) is 17.8 Å². The lowest BCUT2D eigenvalue weighted by Crippen LogP contribution is -2.80. The summed E-state index contributed by atoms with van der Waals surface area (Å²) in [4.78, 5) is 32.9. The molecule has 7 aliphatic rings. The second-order valence-electron chi connectivity index (χ2n) is 14.2. The first-order valence-corrected chi connectivity index (χ1v) is 16.7. The second kappa shape index (κ2) is 11.8. The van der Waals surface area contributed by atoms with Gasteiger partial charge in [0, 0.05) is 61.7 Å². The number of hydrogen-bond acceptors (Lipinski definition) is 7. The average Bonchev–Trinajstić information content (AvgIpc) is 3.79. The third-order valence-electron chi connectivity index (χ3n) is 11.6. The summed E-state index contributed by atoms with van der Waals surface area (Å²) in [5.41, 5.74) is 0. The lowest BCUT2D eigenvalue weighted by atomic mass is 9.72. The highest BCUT2D eigenvalue weighted by Gasteiger charge is 2.60. The number of ether oxygens (including phenoxy) is 1. The Morgan fingerprint density at radius 1 is 1.05 bits per heavy atom. The van der Waals surface area contributed by atoms with E-state index in [4.69, 9.17) is 4.74 Å². The van der Waals surface area contributed by atoms with Gasteiger partial charge in [-0.25, -0.2) is 13.6 Å². The van der Waals surface area contributed by atoms with Crippen molar-refractivity contribution in [3.05, 3.63) is 12.7 Å². The van der Waals surface area contributed by atoms with Crippen LogP contribution in [0.25, 0.3) is 0 Å². The van der Waals surface area contributed by atoms with Crippen molar-refractivity contribution in [3.63, 3.8) is 0 Å². The maximum Gasteiger partial charge on any atom is 0.320 e. The van der Waals surface area contributed by atoms with E-state index in [1.54, 1.807) is 0 Å². The highest BCUT2D eigenvalue weighted by Crippen LogP contribution is 2.45. The molecule has 0 aromatic carbocycles. The number of piperidine rings is 2. The fourth-order valence-electron chi connectivity index (χ4n) is 9.55. The molecular formula is C31H49F2N7O3. The molecule has 0 aromatic heterocycles. The molecule has 240 valence electrons. The number of carbonyl (C=O) groups excluding carboxylic acids is 2. The van der Waals surface area contributed by atoms with E-state index in [9.17, 15) is 9.59 Å². The lowest BCUT2D eigenvalue weighted by Gasteiger charge is -2.59. The van der Waals surface area contributed by atoms with Gasteiger partial charge in [-0.15, -0.1) is 0 Å². The molecule has 2 saturated carbocycles. The number of amides is 3. The lowest BCUT2D eigenvalue weighted by molar-refractivity contribution is -0.131. The van der Waals surface area contributed by atoms with Crippen LogP contribution in [-0.4, -0.2) is 126 Å². The van der Waals surface area contributed by atoms with Crippen molar-refractivity contribution in [2.75, 3.05) is 32.8 Å². The molecule has 12 heteroatoms. The third kappa shape index (κ3) is 5.18. The Balaban J connectivity index is 1.25. The second-order valence-corrected chi connectivity index (χ2v) is 14.2. The Morgan fingerprint density at radius 3 is 2.67 bits per heavy atom. The Hall–Kier alpha value is -1.86. The zero-order valence-corrected chi connectivity index (χ0v) is 25.5. The molecule has 2 bridgehead atoms. The molecule has 5 heterocycles. The number of hydrogen-bond donors (Lipinski definition) is 4. The van der Waals surface area contributed by atoms with Gasteiger partial charge in [0.2, 0.25) is 5.91 Å². The summed E-state index contributed by atoms with van der Waals surface area (Å²) in [6.45, 7) is 11.0. The molecule has 5 saturated heterocycles. The number of alkyl halides is 2. The average molecular weight is 606 g/mol. The summed E-state index contributed by atoms with van der Waals surface area (Å²) in [5, 5.41) is 14.2. The monoisotopic (exact) mass is 605 g/mol. The predicted octanol–water partition coefficient (Wildman–Crippen LogP) is 1.33. The van der Waals surface area contributed by atoms with E-state index in [1.165, 1.54) is 6.08 Å². The minimum absolute atomic E-state index is 0.00132. The van der Waals surface area contributed by atoms with Crippen molar-refractivity contribution in [2.45, 2.75) is 119 Å². The Bertz CT molecular complexity index is 1080. The van der Waals surface area contributed by atoms with Crippen LogP contribution < -0.4 is 21.3 Å². The van der Waals surface area contributed by atoms with Gasteiger partial charge < -0.3 is 30.5 Å². The van der Waals surface area contributed by atoms with Crippen LogP contribution >= 0.6 is 0 Å². The topological polar surface area (TPSA) is 101 Å². The predicted molar refractivity (Wildman–Crippen MR) is 157 cm³/mol. The van der Waals surface area contributed by atoms with Crippen LogP contribution in [0.5, 0.6) is 0 Å². The summed E-state index contributed by atoms with van der Waals surface area (Å²) in [6.07, 6.45) is 1.86. The third-order valence-corrected chi connectivity index (χ3v) is 11.6. The molecule has 0 radical (unpaired) electrons. The fraction of sp³-hybridized carbons (Fsp3) is 0.871. The van der Waals surface area contributed by atoms with Gasteiger partial charge in [0.15, 0.2) is 0 Å². The molecule has 10 nitrogen and oxygen atoms in total. The van der Waals surface area contributed by atoms with Crippen LogP contribution in [0.15, 0.2) is 12.7 Å². The highest BCUT2D eigenvalue weighted by molar-refractivity contribution is 5.87. The quantitative estimate of drug-likeness (QED) is 0.361. The Labute approximate surface area is 253 Å². The van der Waals surface area contributed by atoms with E-state index in [2.05, 4.69) is 46.6 Å². The Morgan fingerprint density at radius 2 is 1.88 bits per heavy atom. The first kappa shape index (κ1) is 29.8. The maximum atomic E-state index is 16.5. The number of nitrogens with one attached hydrogen (secondary N) is 4. The zero-order valence-electron chi connectivity index (χ0n) is 25.5. The van der Waals surface area contributed by atoms with Crippen molar-refractivity contribution in [1.82, 2.24) is 36.0 Å². The van der Waals surface area contributed by atoms with Gasteiger partial charge in [0.1, 0.15) is 12.3 Å². The molecule has 0 aromatic rings. The molecular weight excluding hydrogens is 556 g/mol. The van der Waals surface area contributed by atoms with E-state index >= 15 is 8.78 Å². The van der Waals surface area contributed by atoms with Gasteiger partial charge in [-0.2, -0.15) is 0 Å². The van der Waals surface area contributed by atoms with Crippen molar-refractivity contribution >= 4 is 11.9 Å². The van der Waals surface area contributed by atoms with Crippen LogP contribution in [0.2, 0.25) is 0 Å². The molecule has 5 aliphatic heterocycles. The highest BCUT2D eigenvalue weighted by atomic mass is 19.1. The van der Waals surface area contributed by atoms with Crippen molar-refractivity contribution in [1.29, 1.82) is 0 Å². The molecule has 0 spiro atoms. The first-order valence-electron chi connectivity index (χ1n) is 16.7. The fourth-order valence-corrected chi connectivity index (χ4v) is 9.55. The van der Waals surface area contributed by atoms with E-state index < -0.39 is 30.5 Å². The summed E-state index contributed by atoms with van der Waals surface area (Å²) < 4.78 is 38.8. The molecule has 4 N–H and O–H groups in total. The van der Waals surface area contributed by atoms with E-state index in [0.29, 0.717) is 32.7 Å². The number of carbonyl (C=O) groups is 2. The zero-order chi connectivity index (χ0) is 30.0. The number of halogens is 2. The van der Waals surface area contributed by atoms with Crippen LogP contribution in [0.3, 0.4) is 0 Å². The van der Waals surface area contributed by atoms with E-state index in [-0.39, 0.29) is 72.7 Å². The van der Waals surface area contributed by atoms with Crippen LogP contribution in [-0.2, 0) is 9.53 Å². The van der Waals surface area contributed by atoms with Crippen molar-refractivity contribution in [2.24, 2.45) is 17.8 Å². The van der Waals surface area contributed by atoms with Crippen molar-refractivity contribution < 1.29 is 23.1 Å². The summed E-state index contributed by atoms with van der Waals surface area (Å²) in [5.74, 6) is -0.598. The molecule has 2 aliphatic carbocycles. The first-order chi connectivity index (χ1) is 20.8.